The Hall–Kier alpha value is -6.22. The highest BCUT2D eigenvalue weighted by Gasteiger charge is 2.44. The van der Waals surface area contributed by atoms with Gasteiger partial charge in [-0.25, -0.2) is 33.4 Å². The maximum Gasteiger partial charge on any atom is 0.490 e. The molecule has 4 aromatic rings. The fourth-order valence-electron chi connectivity index (χ4n) is 7.79. The van der Waals surface area contributed by atoms with Crippen LogP contribution in [0, 0.1) is 5.41 Å². The van der Waals surface area contributed by atoms with Gasteiger partial charge in [0.1, 0.15) is 24.2 Å². The van der Waals surface area contributed by atoms with Gasteiger partial charge in [-0.05, 0) is 67.3 Å². The normalized spacial score (nSPS) is 18.1. The molecule has 4 heterocycles. The van der Waals surface area contributed by atoms with Crippen molar-refractivity contribution >= 4 is 95.0 Å². The number of nitrogens with zero attached hydrogens (tertiary/aromatic N) is 4. The molecule has 2 aliphatic heterocycles. The van der Waals surface area contributed by atoms with Crippen molar-refractivity contribution in [2.24, 2.45) is 0 Å². The van der Waals surface area contributed by atoms with Crippen LogP contribution < -0.4 is 22.1 Å². The fourth-order valence-corrected chi connectivity index (χ4v) is 12.3. The summed E-state index contributed by atoms with van der Waals surface area (Å²) < 4.78 is 137. The number of amides is 1. The van der Waals surface area contributed by atoms with Crippen LogP contribution in [0.25, 0.3) is 44.6 Å². The summed E-state index contributed by atoms with van der Waals surface area (Å²) in [5.74, 6) is -4.68. The van der Waals surface area contributed by atoms with E-state index in [0.717, 1.165) is 42.5 Å². The predicted octanol–water partition coefficient (Wildman–Crippen LogP) is 2.92. The molecule has 1 fully saturated rings. The Balaban J connectivity index is 1.00. The molecule has 36 heteroatoms. The molecule has 31 nitrogen and oxygen atoms in total. The Morgan fingerprint density at radius 1 is 0.893 bits per heavy atom. The zero-order chi connectivity index (χ0) is 55.0. The molecule has 0 bridgehead atoms. The molecule has 5 atom stereocenters. The number of allylic oxidation sites excluding steroid dienone is 1. The highest BCUT2D eigenvalue weighted by molar-refractivity contribution is 7.86. The minimum Gasteiger partial charge on any atom is -0.478 e. The summed E-state index contributed by atoms with van der Waals surface area (Å²) in [6.45, 7) is -0.938. The van der Waals surface area contributed by atoms with Crippen molar-refractivity contribution in [1.82, 2.24) is 24.8 Å². The average Bonchev–Trinajstić information content (AvgIpc) is 3.91. The molecule has 402 valence electrons. The third kappa shape index (κ3) is 13.1. The van der Waals surface area contributed by atoms with Crippen molar-refractivity contribution in [3.63, 3.8) is 0 Å². The number of rotatable bonds is 22. The van der Waals surface area contributed by atoms with Crippen molar-refractivity contribution in [1.29, 1.82) is 5.41 Å². The molecule has 13 N–H and O–H groups in total. The van der Waals surface area contributed by atoms with Crippen LogP contribution in [0.15, 0.2) is 81.5 Å². The number of aromatic nitrogens is 4. The van der Waals surface area contributed by atoms with Gasteiger partial charge in [0, 0.05) is 35.0 Å². The maximum atomic E-state index is 13.5. The molecule has 2 unspecified atom stereocenters. The molecule has 0 saturated carbocycles. The van der Waals surface area contributed by atoms with Crippen LogP contribution in [-0.4, -0.2) is 120 Å². The van der Waals surface area contributed by atoms with E-state index in [1.165, 1.54) is 17.2 Å². The van der Waals surface area contributed by atoms with Crippen LogP contribution in [0.3, 0.4) is 0 Å². The van der Waals surface area contributed by atoms with Crippen LogP contribution >= 0.6 is 23.5 Å². The number of nitrogens with two attached hydrogens (primary N) is 2. The molecule has 2 aromatic carbocycles. The number of phosphoric ester groups is 1. The van der Waals surface area contributed by atoms with E-state index >= 15 is 0 Å². The van der Waals surface area contributed by atoms with Crippen molar-refractivity contribution in [2.45, 2.75) is 53.9 Å². The van der Waals surface area contributed by atoms with E-state index in [1.54, 1.807) is 12.2 Å². The fraction of sp³-hybridized carbons (Fsp3) is 0.256. The molecule has 0 radical (unpaired) electrons. The number of carboxylic acid groups (broad SMARTS) is 1. The third-order valence-corrected chi connectivity index (χ3v) is 16.5. The summed E-state index contributed by atoms with van der Waals surface area (Å²) in [6, 6.07) is 7.13. The molecular weight excluding hydrogens is 1110 g/mol. The number of unbranched alkanes of at least 4 members (excludes halogenated alkanes) is 2. The molecule has 3 aliphatic rings. The number of carbonyl (C=O) groups excluding carboxylic acids is 2. The van der Waals surface area contributed by atoms with Crippen molar-refractivity contribution in [2.75, 3.05) is 31.2 Å². The standard InChI is InChI=1S/C39H41N8O23P3S2/c40-24-10-8-21-29(22-9-11-25(41)35(75(62,63)64)33(22)68-32(21)34(24)74(59,60)61)23-14-19(6-7-20(23)39(50)51)31(48)38(49)43-12-4-2-1-3-5-13-65-26-15-28(47-18-46-30-36(42)44-17-45-37(30)47)67-27(26)16-66-72(55,56)70-73(57,58)69-71(52,53)54/h3,5-11,14,17-18,26-28,40H,1-2,4,12-13,15-16,41H2,(H,43,49)(H,50,51)(H,55,56)(H,57,58)(H2,42,44,45)(H2,52,53,54)(H,59,60,61)(H,62,63,64)/b5-3+,40-24?/t26-,27+,28+/m0/s1. The van der Waals surface area contributed by atoms with Crippen LogP contribution in [0.4, 0.5) is 11.5 Å². The lowest BCUT2D eigenvalue weighted by Crippen LogP contribution is -2.31. The van der Waals surface area contributed by atoms with Gasteiger partial charge < -0.3 is 55.4 Å². The number of Topliss-reactive ketones (excluding diaryl/α,β-unsaturated/α-hetero) is 1. The molecule has 7 rings (SSSR count). The summed E-state index contributed by atoms with van der Waals surface area (Å²) >= 11 is 0. The van der Waals surface area contributed by atoms with Crippen LogP contribution in [0.2, 0.25) is 0 Å². The number of phosphoric acid groups is 3. The van der Waals surface area contributed by atoms with Gasteiger partial charge in [-0.1, -0.05) is 12.2 Å². The Morgan fingerprint density at radius 3 is 2.29 bits per heavy atom. The second-order valence-corrected chi connectivity index (χ2v) is 23.1. The van der Waals surface area contributed by atoms with E-state index in [-0.39, 0.29) is 64.2 Å². The predicted molar refractivity (Wildman–Crippen MR) is 253 cm³/mol. The number of aromatic carboxylic acids is 1. The number of nitrogens with one attached hydrogen (secondary N) is 2. The van der Waals surface area contributed by atoms with E-state index in [9.17, 15) is 68.9 Å². The van der Waals surface area contributed by atoms with E-state index in [2.05, 4.69) is 28.9 Å². The van der Waals surface area contributed by atoms with E-state index in [0.29, 0.717) is 19.3 Å². The van der Waals surface area contributed by atoms with Gasteiger partial charge in [-0.15, -0.1) is 0 Å². The Kier molecular flexibility index (Phi) is 16.4. The van der Waals surface area contributed by atoms with E-state index in [4.69, 9.17) is 45.1 Å². The molecule has 1 aliphatic carbocycles. The monoisotopic (exact) mass is 1150 g/mol. The van der Waals surface area contributed by atoms with Crippen LogP contribution in [-0.2, 0) is 61.3 Å². The molecule has 1 saturated heterocycles. The highest BCUT2D eigenvalue weighted by atomic mass is 32.2. The molecular formula is C39H41N8O23P3S2. The first-order chi connectivity index (χ1) is 35.0. The lowest BCUT2D eigenvalue weighted by Gasteiger charge is -2.21. The number of benzene rings is 3. The van der Waals surface area contributed by atoms with Gasteiger partial charge in [-0.2, -0.15) is 25.5 Å². The molecule has 0 spiro atoms. The lowest BCUT2D eigenvalue weighted by molar-refractivity contribution is -0.117. The number of carboxylic acids is 1. The van der Waals surface area contributed by atoms with E-state index < -0.39 is 124 Å². The number of ketones is 1. The number of hydrogen-bond donors (Lipinski definition) is 11. The smallest absolute Gasteiger partial charge is 0.478 e. The number of hydrogen-bond acceptors (Lipinski definition) is 22. The minimum atomic E-state index is -5.81. The van der Waals surface area contributed by atoms with E-state index in [1.807, 2.05) is 0 Å². The van der Waals surface area contributed by atoms with Gasteiger partial charge in [0.2, 0.25) is 5.78 Å². The number of fused-ring (bicyclic) bond motifs is 3. The summed E-state index contributed by atoms with van der Waals surface area (Å²) in [6.07, 6.45) is 4.05. The Bertz CT molecular complexity index is 3720. The minimum absolute atomic E-state index is 0.0320. The highest BCUT2D eigenvalue weighted by Crippen LogP contribution is 2.66. The number of ether oxygens (including phenoxy) is 2. The number of nitrogen functional groups attached to an aromatic ring is 2. The average molecular weight is 1150 g/mol. The first kappa shape index (κ1) is 56.5. The van der Waals surface area contributed by atoms with Crippen molar-refractivity contribution in [3.8, 4) is 22.5 Å². The van der Waals surface area contributed by atoms with Gasteiger partial charge in [0.15, 0.2) is 32.6 Å². The zero-order valence-electron chi connectivity index (χ0n) is 37.8. The van der Waals surface area contributed by atoms with Gasteiger partial charge in [-0.3, -0.25) is 33.2 Å². The summed E-state index contributed by atoms with van der Waals surface area (Å²) in [5, 5.41) is 19.8. The summed E-state index contributed by atoms with van der Waals surface area (Å²) in [5.41, 5.74) is 8.88. The van der Waals surface area contributed by atoms with Gasteiger partial charge in [0.05, 0.1) is 42.3 Å². The molecule has 75 heavy (non-hydrogen) atoms. The first-order valence-corrected chi connectivity index (χ1v) is 28.5. The maximum absolute atomic E-state index is 13.5. The van der Waals surface area contributed by atoms with Crippen LogP contribution in [0.1, 0.15) is 52.6 Å². The van der Waals surface area contributed by atoms with Gasteiger partial charge >= 0.3 is 29.4 Å². The Morgan fingerprint density at radius 2 is 1.61 bits per heavy atom. The third-order valence-electron chi connectivity index (χ3n) is 10.9. The lowest BCUT2D eigenvalue weighted by atomic mass is 9.89. The Labute approximate surface area is 420 Å². The van der Waals surface area contributed by atoms with Crippen molar-refractivity contribution in [3.05, 3.63) is 83.8 Å². The number of carbonyl (C=O) groups is 3. The second kappa shape index (κ2) is 21.8. The quantitative estimate of drug-likeness (QED) is 0.00680. The SMILES string of the molecule is N=c1ccc2c(-c3cc(C(=O)C(=O)NCCCC/C=C/CO[C@H]4C[C@H](n5cnc6c(N)ncnc65)O[C@@H]4COP(=O)(O)OP(=O)(O)OP(=O)(O)O)ccc3C(=O)O)c3ccc(N)c(S(=O)(=O)O)c3oc-2c1S(=O)(=O)O. The number of imidazole rings is 1. The molecule has 1 amide bonds. The topological polar surface area (TPSA) is 503 Å². The zero-order valence-corrected chi connectivity index (χ0v) is 42.1. The van der Waals surface area contributed by atoms with Gasteiger partial charge in [0.25, 0.3) is 26.1 Å². The molecule has 2 aromatic heterocycles. The summed E-state index contributed by atoms with van der Waals surface area (Å²) in [7, 11) is -27.6. The summed E-state index contributed by atoms with van der Waals surface area (Å²) in [4.78, 5) is 86.5. The largest absolute Gasteiger partial charge is 0.490 e. The van der Waals surface area contributed by atoms with Crippen LogP contribution in [0.5, 0.6) is 0 Å². The number of anilines is 2. The van der Waals surface area contributed by atoms with Crippen molar-refractivity contribution < 1.29 is 106 Å². The second-order valence-electron chi connectivity index (χ2n) is 15.9. The first-order valence-electron chi connectivity index (χ1n) is 21.1.